The van der Waals surface area contributed by atoms with E-state index in [2.05, 4.69) is 15.0 Å². The third-order valence-corrected chi connectivity index (χ3v) is 4.77. The van der Waals surface area contributed by atoms with Gasteiger partial charge in [-0.25, -0.2) is 9.97 Å². The molecule has 7 heteroatoms. The third kappa shape index (κ3) is 2.62. The monoisotopic (exact) mass is 375 g/mol. The molecule has 3 aromatic heterocycles. The molecule has 3 heterocycles. The number of imidazole rings is 2. The fraction of sp³-hybridized carbons (Fsp3) is 0.0500. The van der Waals surface area contributed by atoms with Gasteiger partial charge in [-0.3, -0.25) is 9.36 Å². The molecule has 0 saturated heterocycles. The topological polar surface area (TPSA) is 68.5 Å². The molecule has 6 nitrogen and oxygen atoms in total. The van der Waals surface area contributed by atoms with E-state index in [1.54, 1.807) is 23.2 Å². The number of halogens is 1. The number of rotatable bonds is 3. The van der Waals surface area contributed by atoms with Gasteiger partial charge in [0.15, 0.2) is 5.52 Å². The molecule has 1 N–H and O–H groups in total. The SMILES string of the molecule is O=c1c2nc(Cn3ccnc3)[nH]c2c2ccc(Cl)cc2n1-c1ccccc1. The van der Waals surface area contributed by atoms with Crippen molar-refractivity contribution in [2.75, 3.05) is 0 Å². The number of nitrogens with zero attached hydrogens (tertiary/aromatic N) is 4. The Labute approximate surface area is 158 Å². The number of hydrogen-bond donors (Lipinski definition) is 1. The zero-order valence-corrected chi connectivity index (χ0v) is 14.9. The van der Waals surface area contributed by atoms with Gasteiger partial charge in [-0.15, -0.1) is 0 Å². The maximum Gasteiger partial charge on any atom is 0.283 e. The van der Waals surface area contributed by atoms with Gasteiger partial charge in [-0.05, 0) is 30.3 Å². The molecular formula is C20H14ClN5O. The van der Waals surface area contributed by atoms with Gasteiger partial charge >= 0.3 is 0 Å². The lowest BCUT2D eigenvalue weighted by Gasteiger charge is -2.11. The first kappa shape index (κ1) is 15.8. The fourth-order valence-electron chi connectivity index (χ4n) is 3.35. The molecule has 0 unspecified atom stereocenters. The van der Waals surface area contributed by atoms with Gasteiger partial charge < -0.3 is 9.55 Å². The minimum atomic E-state index is -0.181. The predicted octanol–water partition coefficient (Wildman–Crippen LogP) is 3.77. The summed E-state index contributed by atoms with van der Waals surface area (Å²) in [5, 5.41) is 1.46. The quantitative estimate of drug-likeness (QED) is 0.522. The van der Waals surface area contributed by atoms with Crippen LogP contribution in [0.4, 0.5) is 0 Å². The average molecular weight is 376 g/mol. The molecule has 2 aromatic carbocycles. The van der Waals surface area contributed by atoms with E-state index in [0.29, 0.717) is 28.4 Å². The van der Waals surface area contributed by atoms with Crippen LogP contribution in [0.15, 0.2) is 72.0 Å². The van der Waals surface area contributed by atoms with Crippen molar-refractivity contribution in [2.45, 2.75) is 6.54 Å². The first-order valence-electron chi connectivity index (χ1n) is 8.45. The van der Waals surface area contributed by atoms with Crippen LogP contribution < -0.4 is 5.56 Å². The number of para-hydroxylation sites is 1. The zero-order chi connectivity index (χ0) is 18.4. The second kappa shape index (κ2) is 6.10. The number of aromatic nitrogens is 5. The molecular weight excluding hydrogens is 362 g/mol. The second-order valence-corrected chi connectivity index (χ2v) is 6.72. The predicted molar refractivity (Wildman–Crippen MR) is 106 cm³/mol. The van der Waals surface area contributed by atoms with E-state index in [1.165, 1.54) is 0 Å². The Morgan fingerprint density at radius 2 is 1.96 bits per heavy atom. The van der Waals surface area contributed by atoms with E-state index in [9.17, 15) is 4.79 Å². The van der Waals surface area contributed by atoms with Gasteiger partial charge in [-0.1, -0.05) is 29.8 Å². The number of H-pyrrole nitrogens is 1. The number of benzene rings is 2. The molecule has 132 valence electrons. The van der Waals surface area contributed by atoms with Gasteiger partial charge in [0.05, 0.1) is 23.9 Å². The third-order valence-electron chi connectivity index (χ3n) is 4.53. The minimum Gasteiger partial charge on any atom is -0.340 e. The highest BCUT2D eigenvalue weighted by Crippen LogP contribution is 2.26. The van der Waals surface area contributed by atoms with Crippen molar-refractivity contribution in [3.05, 3.63) is 88.5 Å². The van der Waals surface area contributed by atoms with Crippen LogP contribution in [0, 0.1) is 0 Å². The van der Waals surface area contributed by atoms with Crippen molar-refractivity contribution >= 4 is 33.5 Å². The first-order valence-corrected chi connectivity index (χ1v) is 8.82. The normalized spacial score (nSPS) is 11.4. The molecule has 0 saturated carbocycles. The van der Waals surface area contributed by atoms with E-state index >= 15 is 0 Å². The Balaban J connectivity index is 1.84. The Hall–Kier alpha value is -3.38. The van der Waals surface area contributed by atoms with E-state index in [-0.39, 0.29) is 5.56 Å². The second-order valence-electron chi connectivity index (χ2n) is 6.28. The summed E-state index contributed by atoms with van der Waals surface area (Å²) in [5.41, 5.74) is 2.46. The van der Waals surface area contributed by atoms with Crippen molar-refractivity contribution in [3.8, 4) is 5.69 Å². The number of pyridine rings is 1. The summed E-state index contributed by atoms with van der Waals surface area (Å²) in [7, 11) is 0. The lowest BCUT2D eigenvalue weighted by atomic mass is 10.1. The summed E-state index contributed by atoms with van der Waals surface area (Å²) < 4.78 is 3.55. The summed E-state index contributed by atoms with van der Waals surface area (Å²) in [6.07, 6.45) is 5.28. The van der Waals surface area contributed by atoms with Crippen LogP contribution in [0.5, 0.6) is 0 Å². The molecule has 0 aliphatic heterocycles. The number of aromatic amines is 1. The van der Waals surface area contributed by atoms with Crippen LogP contribution in [0.2, 0.25) is 5.02 Å². The summed E-state index contributed by atoms with van der Waals surface area (Å²) >= 11 is 6.23. The summed E-state index contributed by atoms with van der Waals surface area (Å²) in [6, 6.07) is 15.0. The molecule has 5 rings (SSSR count). The van der Waals surface area contributed by atoms with E-state index in [0.717, 1.165) is 16.6 Å². The van der Waals surface area contributed by atoms with Crippen molar-refractivity contribution < 1.29 is 0 Å². The van der Waals surface area contributed by atoms with Crippen molar-refractivity contribution in [2.24, 2.45) is 0 Å². The summed E-state index contributed by atoms with van der Waals surface area (Å²) in [5.74, 6) is 0.696. The summed E-state index contributed by atoms with van der Waals surface area (Å²) in [4.78, 5) is 25.2. The minimum absolute atomic E-state index is 0.181. The van der Waals surface area contributed by atoms with E-state index in [1.807, 2.05) is 53.2 Å². The van der Waals surface area contributed by atoms with Crippen LogP contribution >= 0.6 is 11.6 Å². The molecule has 0 aliphatic carbocycles. The van der Waals surface area contributed by atoms with Crippen LogP contribution in [0.25, 0.3) is 27.6 Å². The van der Waals surface area contributed by atoms with Crippen molar-refractivity contribution in [1.82, 2.24) is 24.1 Å². The zero-order valence-electron chi connectivity index (χ0n) is 14.1. The van der Waals surface area contributed by atoms with Crippen LogP contribution in [0.1, 0.15) is 5.82 Å². The van der Waals surface area contributed by atoms with E-state index in [4.69, 9.17) is 11.6 Å². The Bertz CT molecular complexity index is 1320. The molecule has 0 fully saturated rings. The van der Waals surface area contributed by atoms with Crippen LogP contribution in [0.3, 0.4) is 0 Å². The molecule has 0 atom stereocenters. The van der Waals surface area contributed by atoms with Gasteiger partial charge in [0, 0.05) is 28.5 Å². The number of hydrogen-bond acceptors (Lipinski definition) is 3. The van der Waals surface area contributed by atoms with Crippen molar-refractivity contribution in [1.29, 1.82) is 0 Å². The molecule has 0 amide bonds. The number of fused-ring (bicyclic) bond motifs is 3. The van der Waals surface area contributed by atoms with Gasteiger partial charge in [0.2, 0.25) is 0 Å². The molecule has 0 bridgehead atoms. The smallest absolute Gasteiger partial charge is 0.283 e. The van der Waals surface area contributed by atoms with Crippen molar-refractivity contribution in [3.63, 3.8) is 0 Å². The van der Waals surface area contributed by atoms with Gasteiger partial charge in [-0.2, -0.15) is 0 Å². The lowest BCUT2D eigenvalue weighted by molar-refractivity contribution is 0.758. The number of nitrogens with one attached hydrogen (secondary N) is 1. The molecule has 5 aromatic rings. The highest BCUT2D eigenvalue weighted by molar-refractivity contribution is 6.31. The molecule has 0 spiro atoms. The molecule has 27 heavy (non-hydrogen) atoms. The first-order chi connectivity index (χ1) is 13.2. The molecule has 0 radical (unpaired) electrons. The lowest BCUT2D eigenvalue weighted by Crippen LogP contribution is -2.19. The average Bonchev–Trinajstić information content (AvgIpc) is 3.33. The standard InChI is InChI=1S/C20H14ClN5O/c21-13-6-7-15-16(10-13)26(14-4-2-1-3-5-14)20(27)19-18(15)23-17(24-19)11-25-9-8-22-12-25/h1-10,12H,11H2,(H,23,24). The maximum absolute atomic E-state index is 13.3. The largest absolute Gasteiger partial charge is 0.340 e. The fourth-order valence-corrected chi connectivity index (χ4v) is 3.52. The van der Waals surface area contributed by atoms with Gasteiger partial charge in [0.1, 0.15) is 5.82 Å². The molecule has 0 aliphatic rings. The highest BCUT2D eigenvalue weighted by Gasteiger charge is 2.16. The van der Waals surface area contributed by atoms with Gasteiger partial charge in [0.25, 0.3) is 5.56 Å². The Morgan fingerprint density at radius 3 is 2.74 bits per heavy atom. The summed E-state index contributed by atoms with van der Waals surface area (Å²) in [6.45, 7) is 0.508. The van der Waals surface area contributed by atoms with E-state index < -0.39 is 0 Å². The Kier molecular flexibility index (Phi) is 3.58. The van der Waals surface area contributed by atoms with Crippen LogP contribution in [-0.2, 0) is 6.54 Å². The van der Waals surface area contributed by atoms with Crippen LogP contribution in [-0.4, -0.2) is 24.1 Å². The maximum atomic E-state index is 13.3. The Morgan fingerprint density at radius 1 is 1.11 bits per heavy atom. The highest BCUT2D eigenvalue weighted by atomic mass is 35.5.